The molecule has 21 heavy (non-hydrogen) atoms. The highest BCUT2D eigenvalue weighted by Crippen LogP contribution is 2.21. The van der Waals surface area contributed by atoms with Gasteiger partial charge in [-0.15, -0.1) is 0 Å². The van der Waals surface area contributed by atoms with E-state index in [0.29, 0.717) is 18.9 Å². The molecule has 0 unspecified atom stereocenters. The summed E-state index contributed by atoms with van der Waals surface area (Å²) in [5, 5.41) is 14.7. The monoisotopic (exact) mass is 292 g/mol. The van der Waals surface area contributed by atoms with Crippen LogP contribution in [-0.2, 0) is 9.53 Å². The van der Waals surface area contributed by atoms with Crippen molar-refractivity contribution in [3.05, 3.63) is 29.3 Å². The highest BCUT2D eigenvalue weighted by atomic mass is 16.5. The van der Waals surface area contributed by atoms with Gasteiger partial charge in [0.1, 0.15) is 5.54 Å². The van der Waals surface area contributed by atoms with Crippen LogP contribution in [0.4, 0.5) is 10.5 Å². The van der Waals surface area contributed by atoms with Crippen LogP contribution in [0, 0.1) is 13.8 Å². The third-order valence-corrected chi connectivity index (χ3v) is 3.59. The van der Waals surface area contributed by atoms with E-state index in [2.05, 4.69) is 10.6 Å². The first-order chi connectivity index (χ1) is 9.91. The summed E-state index contributed by atoms with van der Waals surface area (Å²) in [4.78, 5) is 23.6. The second-order valence-corrected chi connectivity index (χ2v) is 5.46. The van der Waals surface area contributed by atoms with Crippen molar-refractivity contribution in [3.63, 3.8) is 0 Å². The fourth-order valence-electron chi connectivity index (χ4n) is 2.54. The summed E-state index contributed by atoms with van der Waals surface area (Å²) in [5.74, 6) is -1.03. The number of carboxylic acids is 1. The Morgan fingerprint density at radius 2 is 1.71 bits per heavy atom. The minimum atomic E-state index is -1.25. The third kappa shape index (κ3) is 3.72. The molecule has 1 fully saturated rings. The van der Waals surface area contributed by atoms with Crippen LogP contribution in [0.3, 0.4) is 0 Å². The van der Waals surface area contributed by atoms with Gasteiger partial charge < -0.3 is 20.5 Å². The molecule has 114 valence electrons. The summed E-state index contributed by atoms with van der Waals surface area (Å²) in [6, 6.07) is 5.16. The lowest BCUT2D eigenvalue weighted by molar-refractivity contribution is -0.148. The lowest BCUT2D eigenvalue weighted by atomic mass is 9.90. The predicted molar refractivity (Wildman–Crippen MR) is 78.5 cm³/mol. The molecule has 2 rings (SSSR count). The fourth-order valence-corrected chi connectivity index (χ4v) is 2.54. The number of amides is 2. The quantitative estimate of drug-likeness (QED) is 0.795. The van der Waals surface area contributed by atoms with Crippen LogP contribution in [0.1, 0.15) is 24.0 Å². The minimum Gasteiger partial charge on any atom is -0.480 e. The van der Waals surface area contributed by atoms with Crippen molar-refractivity contribution in [2.24, 2.45) is 0 Å². The number of urea groups is 1. The van der Waals surface area contributed by atoms with Gasteiger partial charge in [0, 0.05) is 31.7 Å². The van der Waals surface area contributed by atoms with Crippen molar-refractivity contribution in [1.29, 1.82) is 0 Å². The summed E-state index contributed by atoms with van der Waals surface area (Å²) in [7, 11) is 0. The van der Waals surface area contributed by atoms with Crippen molar-refractivity contribution in [1.82, 2.24) is 5.32 Å². The first-order valence-corrected chi connectivity index (χ1v) is 6.90. The normalized spacial score (nSPS) is 17.0. The average molecular weight is 292 g/mol. The summed E-state index contributed by atoms with van der Waals surface area (Å²) >= 11 is 0. The van der Waals surface area contributed by atoms with Crippen LogP contribution in [-0.4, -0.2) is 35.9 Å². The molecule has 0 spiro atoms. The lowest BCUT2D eigenvalue weighted by Crippen LogP contribution is -2.58. The Morgan fingerprint density at radius 3 is 2.24 bits per heavy atom. The van der Waals surface area contributed by atoms with Gasteiger partial charge in [-0.05, 0) is 37.1 Å². The first-order valence-electron chi connectivity index (χ1n) is 6.90. The number of hydrogen-bond donors (Lipinski definition) is 3. The number of aliphatic carboxylic acids is 1. The van der Waals surface area contributed by atoms with Gasteiger partial charge in [0.2, 0.25) is 0 Å². The third-order valence-electron chi connectivity index (χ3n) is 3.59. The average Bonchev–Trinajstić information content (AvgIpc) is 2.37. The zero-order valence-corrected chi connectivity index (χ0v) is 12.2. The molecule has 0 radical (unpaired) electrons. The maximum Gasteiger partial charge on any atom is 0.329 e. The molecule has 1 heterocycles. The number of ether oxygens (including phenoxy) is 1. The van der Waals surface area contributed by atoms with Crippen LogP contribution in [0.5, 0.6) is 0 Å². The predicted octanol–water partition coefficient (Wildman–Crippen LogP) is 2.06. The summed E-state index contributed by atoms with van der Waals surface area (Å²) in [6.07, 6.45) is 0.533. The molecule has 6 heteroatoms. The summed E-state index contributed by atoms with van der Waals surface area (Å²) < 4.78 is 5.17. The van der Waals surface area contributed by atoms with Crippen molar-refractivity contribution in [2.75, 3.05) is 18.5 Å². The van der Waals surface area contributed by atoms with Gasteiger partial charge in [0.05, 0.1) is 0 Å². The van der Waals surface area contributed by atoms with Gasteiger partial charge >= 0.3 is 12.0 Å². The Kier molecular flexibility index (Phi) is 4.47. The first kappa shape index (κ1) is 15.3. The second-order valence-electron chi connectivity index (χ2n) is 5.46. The number of benzene rings is 1. The number of carboxylic acid groups (broad SMARTS) is 1. The van der Waals surface area contributed by atoms with Crippen LogP contribution >= 0.6 is 0 Å². The zero-order valence-electron chi connectivity index (χ0n) is 12.2. The van der Waals surface area contributed by atoms with E-state index in [4.69, 9.17) is 4.74 Å². The number of aryl methyl sites for hydroxylation is 2. The molecular formula is C15H20N2O4. The Bertz CT molecular complexity index is 530. The number of nitrogens with one attached hydrogen (secondary N) is 2. The molecule has 1 aliphatic rings. The molecule has 0 aliphatic carbocycles. The van der Waals surface area contributed by atoms with E-state index < -0.39 is 17.5 Å². The summed E-state index contributed by atoms with van der Waals surface area (Å²) in [5.41, 5.74) is 1.47. The van der Waals surface area contributed by atoms with Gasteiger partial charge in [0.15, 0.2) is 0 Å². The Labute approximate surface area is 123 Å². The van der Waals surface area contributed by atoms with Crippen LogP contribution < -0.4 is 10.6 Å². The SMILES string of the molecule is Cc1cc(C)cc(NC(=O)NC2(C(=O)O)CCOCC2)c1. The molecule has 1 aliphatic heterocycles. The van der Waals surface area contributed by atoms with Crippen molar-refractivity contribution in [3.8, 4) is 0 Å². The number of rotatable bonds is 3. The molecule has 1 saturated heterocycles. The second kappa shape index (κ2) is 6.13. The molecule has 1 aromatic carbocycles. The number of hydrogen-bond acceptors (Lipinski definition) is 3. The highest BCUT2D eigenvalue weighted by Gasteiger charge is 2.41. The van der Waals surface area contributed by atoms with E-state index in [1.165, 1.54) is 0 Å². The van der Waals surface area contributed by atoms with E-state index in [1.807, 2.05) is 32.0 Å². The van der Waals surface area contributed by atoms with Crippen LogP contribution in [0.15, 0.2) is 18.2 Å². The summed E-state index contributed by atoms with van der Waals surface area (Å²) in [6.45, 7) is 4.53. The highest BCUT2D eigenvalue weighted by molar-refractivity contribution is 5.94. The molecule has 0 atom stereocenters. The Hall–Kier alpha value is -2.08. The minimum absolute atomic E-state index is 0.266. The lowest BCUT2D eigenvalue weighted by Gasteiger charge is -2.33. The molecule has 3 N–H and O–H groups in total. The number of carbonyl (C=O) groups is 2. The maximum atomic E-state index is 12.1. The van der Waals surface area contributed by atoms with Gasteiger partial charge in [-0.2, -0.15) is 0 Å². The molecule has 1 aromatic rings. The Morgan fingerprint density at radius 1 is 1.14 bits per heavy atom. The van der Waals surface area contributed by atoms with E-state index in [0.717, 1.165) is 11.1 Å². The Balaban J connectivity index is 2.07. The van der Waals surface area contributed by atoms with Gasteiger partial charge in [0.25, 0.3) is 0 Å². The number of anilines is 1. The van der Waals surface area contributed by atoms with Gasteiger partial charge in [-0.25, -0.2) is 9.59 Å². The smallest absolute Gasteiger partial charge is 0.329 e. The molecule has 2 amide bonds. The van der Waals surface area contributed by atoms with E-state index in [-0.39, 0.29) is 12.8 Å². The van der Waals surface area contributed by atoms with Gasteiger partial charge in [-0.3, -0.25) is 0 Å². The van der Waals surface area contributed by atoms with Crippen LogP contribution in [0.25, 0.3) is 0 Å². The fraction of sp³-hybridized carbons (Fsp3) is 0.467. The van der Waals surface area contributed by atoms with Crippen molar-refractivity contribution >= 4 is 17.7 Å². The number of carbonyl (C=O) groups excluding carboxylic acids is 1. The molecular weight excluding hydrogens is 272 g/mol. The zero-order chi connectivity index (χ0) is 15.5. The van der Waals surface area contributed by atoms with E-state index in [9.17, 15) is 14.7 Å². The molecule has 0 saturated carbocycles. The molecule has 6 nitrogen and oxygen atoms in total. The van der Waals surface area contributed by atoms with Gasteiger partial charge in [-0.1, -0.05) is 6.07 Å². The standard InChI is InChI=1S/C15H20N2O4/c1-10-7-11(2)9-12(8-10)16-14(20)17-15(13(18)19)3-5-21-6-4-15/h7-9H,3-6H2,1-2H3,(H,18,19)(H2,16,17,20). The largest absolute Gasteiger partial charge is 0.480 e. The topological polar surface area (TPSA) is 87.7 Å². The van der Waals surface area contributed by atoms with E-state index >= 15 is 0 Å². The van der Waals surface area contributed by atoms with E-state index in [1.54, 1.807) is 0 Å². The molecule has 0 aromatic heterocycles. The molecule has 0 bridgehead atoms. The van der Waals surface area contributed by atoms with Crippen molar-refractivity contribution in [2.45, 2.75) is 32.2 Å². The van der Waals surface area contributed by atoms with Crippen LogP contribution in [0.2, 0.25) is 0 Å². The van der Waals surface area contributed by atoms with Crippen molar-refractivity contribution < 1.29 is 19.4 Å². The maximum absolute atomic E-state index is 12.1.